The summed E-state index contributed by atoms with van der Waals surface area (Å²) in [5.41, 5.74) is 5.44. The standard InChI is InChI=1S/C55H58O12/c1-58-53(56)51-48(61-34-41-24-12-4-13-25-41)49(62-35-42-26-14-5-15-27-42)52(64-37-44-30-18-7-19-31-44)55(67-51)65-38-45-46(59-32-39-20-8-2-9-21-39)47(60-33-40-22-10-3-11-23-40)50(54(57)66-45)63-36-43-28-16-6-17-29-43/h2-31,45-52,54-55,57H,32-38H2,1H3/t45?,46-,47?,48+,49?,50?,51?,52?,54+,55+/m1/s1. The van der Waals surface area contributed by atoms with Crippen LogP contribution in [0.5, 0.6) is 0 Å². The summed E-state index contributed by atoms with van der Waals surface area (Å²) in [4.78, 5) is 13.8. The first-order valence-corrected chi connectivity index (χ1v) is 22.6. The maximum atomic E-state index is 13.8. The van der Waals surface area contributed by atoms with E-state index in [1.165, 1.54) is 7.11 Å². The van der Waals surface area contributed by atoms with Gasteiger partial charge in [-0.2, -0.15) is 0 Å². The van der Waals surface area contributed by atoms with Crippen LogP contribution in [0, 0.1) is 0 Å². The Bertz CT molecular complexity index is 2310. The minimum Gasteiger partial charge on any atom is -0.467 e. The van der Waals surface area contributed by atoms with Gasteiger partial charge in [0.2, 0.25) is 0 Å². The molecule has 1 N–H and O–H groups in total. The lowest BCUT2D eigenvalue weighted by atomic mass is 9.96. The maximum Gasteiger partial charge on any atom is 0.337 e. The van der Waals surface area contributed by atoms with Crippen molar-refractivity contribution in [1.29, 1.82) is 0 Å². The van der Waals surface area contributed by atoms with Crippen molar-refractivity contribution in [1.82, 2.24) is 0 Å². The molecule has 0 aliphatic carbocycles. The minimum absolute atomic E-state index is 0.149. The van der Waals surface area contributed by atoms with Crippen LogP contribution in [0.1, 0.15) is 33.4 Å². The van der Waals surface area contributed by atoms with Gasteiger partial charge in [-0.25, -0.2) is 4.79 Å². The summed E-state index contributed by atoms with van der Waals surface area (Å²) >= 11 is 0. The Hall–Kier alpha value is -5.61. The van der Waals surface area contributed by atoms with Crippen LogP contribution in [0.2, 0.25) is 0 Å². The number of ether oxygens (including phenoxy) is 10. The van der Waals surface area contributed by atoms with Gasteiger partial charge in [-0.15, -0.1) is 0 Å². The van der Waals surface area contributed by atoms with Crippen LogP contribution in [-0.4, -0.2) is 86.2 Å². The molecular formula is C55H58O12. The van der Waals surface area contributed by atoms with Crippen LogP contribution in [-0.2, 0) is 91.8 Å². The summed E-state index contributed by atoms with van der Waals surface area (Å²) in [7, 11) is 1.30. The highest BCUT2D eigenvalue weighted by Crippen LogP contribution is 2.34. The van der Waals surface area contributed by atoms with Gasteiger partial charge in [-0.1, -0.05) is 182 Å². The number of benzene rings is 6. The SMILES string of the molecule is COC(=O)C1O[C@H](OCC2O[C@H](O)C(OCc3ccccc3)C(OCc3ccccc3)[C@@H]2OCc2ccccc2)C(OCc2ccccc2)C(OCc2ccccc2)[C@@H]1OCc1ccccc1. The van der Waals surface area contributed by atoms with Gasteiger partial charge in [0.05, 0.1) is 53.4 Å². The van der Waals surface area contributed by atoms with E-state index in [0.717, 1.165) is 33.4 Å². The van der Waals surface area contributed by atoms with Gasteiger partial charge in [0, 0.05) is 0 Å². The molecule has 67 heavy (non-hydrogen) atoms. The van der Waals surface area contributed by atoms with Crippen LogP contribution in [0.4, 0.5) is 0 Å². The molecule has 0 amide bonds. The van der Waals surface area contributed by atoms with Gasteiger partial charge in [0.25, 0.3) is 0 Å². The molecule has 0 aromatic heterocycles. The molecular weight excluding hydrogens is 853 g/mol. The van der Waals surface area contributed by atoms with Crippen LogP contribution in [0.25, 0.3) is 0 Å². The molecule has 8 rings (SSSR count). The van der Waals surface area contributed by atoms with Crippen molar-refractivity contribution < 1.29 is 57.3 Å². The lowest BCUT2D eigenvalue weighted by molar-refractivity contribution is -0.344. The molecule has 2 aliphatic rings. The first kappa shape index (κ1) is 47.9. The minimum atomic E-state index is -1.45. The Morgan fingerprint density at radius 3 is 1.09 bits per heavy atom. The van der Waals surface area contributed by atoms with Gasteiger partial charge in [0.1, 0.15) is 42.7 Å². The molecule has 6 aromatic rings. The maximum absolute atomic E-state index is 13.8. The van der Waals surface area contributed by atoms with Crippen molar-refractivity contribution in [3.8, 4) is 0 Å². The molecule has 0 saturated carbocycles. The Morgan fingerprint density at radius 2 is 0.716 bits per heavy atom. The molecule has 6 aromatic carbocycles. The number of hydrogen-bond acceptors (Lipinski definition) is 12. The van der Waals surface area contributed by atoms with E-state index in [1.807, 2.05) is 182 Å². The van der Waals surface area contributed by atoms with Crippen LogP contribution < -0.4 is 0 Å². The summed E-state index contributed by atoms with van der Waals surface area (Å²) in [6.45, 7) is 0.864. The Labute approximate surface area is 392 Å². The van der Waals surface area contributed by atoms with Crippen molar-refractivity contribution in [2.24, 2.45) is 0 Å². The van der Waals surface area contributed by atoms with Crippen molar-refractivity contribution in [2.75, 3.05) is 13.7 Å². The van der Waals surface area contributed by atoms with E-state index in [-0.39, 0.29) is 46.2 Å². The van der Waals surface area contributed by atoms with Crippen molar-refractivity contribution in [2.45, 2.75) is 101 Å². The van der Waals surface area contributed by atoms with Crippen LogP contribution >= 0.6 is 0 Å². The second kappa shape index (κ2) is 25.0. The topological polar surface area (TPSA) is 130 Å². The van der Waals surface area contributed by atoms with Crippen molar-refractivity contribution >= 4 is 5.97 Å². The number of aliphatic hydroxyl groups excluding tert-OH is 1. The van der Waals surface area contributed by atoms with Crippen LogP contribution in [0.3, 0.4) is 0 Å². The zero-order chi connectivity index (χ0) is 46.0. The molecule has 6 unspecified atom stereocenters. The van der Waals surface area contributed by atoms with E-state index in [1.54, 1.807) is 0 Å². The number of rotatable bonds is 22. The number of aliphatic hydroxyl groups is 1. The van der Waals surface area contributed by atoms with Gasteiger partial charge >= 0.3 is 5.97 Å². The van der Waals surface area contributed by atoms with E-state index in [9.17, 15) is 9.90 Å². The predicted molar refractivity (Wildman–Crippen MR) is 248 cm³/mol. The molecule has 12 nitrogen and oxygen atoms in total. The highest BCUT2D eigenvalue weighted by Gasteiger charge is 2.54. The summed E-state index contributed by atoms with van der Waals surface area (Å²) in [5, 5.41) is 11.9. The first-order chi connectivity index (χ1) is 33.0. The number of carbonyl (C=O) groups is 1. The highest BCUT2D eigenvalue weighted by atomic mass is 16.7. The van der Waals surface area contributed by atoms with Gasteiger partial charge in [0.15, 0.2) is 18.7 Å². The van der Waals surface area contributed by atoms with Crippen molar-refractivity contribution in [3.63, 3.8) is 0 Å². The highest BCUT2D eigenvalue weighted by molar-refractivity contribution is 5.75. The van der Waals surface area contributed by atoms with Gasteiger partial charge < -0.3 is 52.5 Å². The second-order valence-electron chi connectivity index (χ2n) is 16.4. The smallest absolute Gasteiger partial charge is 0.337 e. The Balaban J connectivity index is 1.11. The zero-order valence-electron chi connectivity index (χ0n) is 37.5. The molecule has 2 heterocycles. The normalized spacial score (nSPS) is 25.0. The second-order valence-corrected chi connectivity index (χ2v) is 16.4. The lowest BCUT2D eigenvalue weighted by Gasteiger charge is -2.47. The molecule has 0 bridgehead atoms. The number of esters is 1. The first-order valence-electron chi connectivity index (χ1n) is 22.6. The summed E-state index contributed by atoms with van der Waals surface area (Å²) in [5.74, 6) is -0.678. The van der Waals surface area contributed by atoms with Gasteiger partial charge in [-0.3, -0.25) is 0 Å². The Morgan fingerprint density at radius 1 is 0.403 bits per heavy atom. The third-order valence-electron chi connectivity index (χ3n) is 11.7. The quantitative estimate of drug-likeness (QED) is 0.0661. The van der Waals surface area contributed by atoms with Gasteiger partial charge in [-0.05, 0) is 33.4 Å². The fourth-order valence-electron chi connectivity index (χ4n) is 8.19. The molecule has 10 atom stereocenters. The van der Waals surface area contributed by atoms with E-state index >= 15 is 0 Å². The fourth-order valence-corrected chi connectivity index (χ4v) is 8.19. The summed E-state index contributed by atoms with van der Waals surface area (Å²) in [6.07, 6.45) is -10.5. The third kappa shape index (κ3) is 13.5. The molecule has 0 radical (unpaired) electrons. The summed E-state index contributed by atoms with van der Waals surface area (Å²) < 4.78 is 65.1. The summed E-state index contributed by atoms with van der Waals surface area (Å²) in [6, 6.07) is 58.3. The van der Waals surface area contributed by atoms with E-state index < -0.39 is 67.4 Å². The molecule has 2 aliphatic heterocycles. The third-order valence-corrected chi connectivity index (χ3v) is 11.7. The molecule has 0 spiro atoms. The number of hydrogen-bond donors (Lipinski definition) is 1. The van der Waals surface area contributed by atoms with E-state index in [2.05, 4.69) is 0 Å². The Kier molecular flexibility index (Phi) is 17.8. The largest absolute Gasteiger partial charge is 0.467 e. The van der Waals surface area contributed by atoms with Crippen molar-refractivity contribution in [3.05, 3.63) is 215 Å². The number of carbonyl (C=O) groups excluding carboxylic acids is 1. The fraction of sp³-hybridized carbons (Fsp3) is 0.327. The molecule has 12 heteroatoms. The monoisotopic (exact) mass is 910 g/mol. The van der Waals surface area contributed by atoms with Crippen LogP contribution in [0.15, 0.2) is 182 Å². The number of methoxy groups -OCH3 is 1. The average molecular weight is 911 g/mol. The molecule has 350 valence electrons. The molecule has 2 saturated heterocycles. The van der Waals surface area contributed by atoms with E-state index in [4.69, 9.17) is 47.4 Å². The zero-order valence-corrected chi connectivity index (χ0v) is 37.5. The predicted octanol–water partition coefficient (Wildman–Crippen LogP) is 8.13. The molecule has 2 fully saturated rings. The lowest BCUT2D eigenvalue weighted by Crippen LogP contribution is -2.64. The average Bonchev–Trinajstić information content (AvgIpc) is 3.38. The van der Waals surface area contributed by atoms with E-state index in [0.29, 0.717) is 0 Å².